The molecule has 1 unspecified atom stereocenters. The van der Waals surface area contributed by atoms with Crippen LogP contribution >= 0.6 is 15.9 Å². The second-order valence-electron chi connectivity index (χ2n) is 7.50. The van der Waals surface area contributed by atoms with Crippen molar-refractivity contribution in [3.8, 4) is 0 Å². The Labute approximate surface area is 162 Å². The molecule has 1 amide bonds. The number of halogens is 1. The van der Waals surface area contributed by atoms with E-state index in [0.717, 1.165) is 26.9 Å². The van der Waals surface area contributed by atoms with Gasteiger partial charge in [-0.15, -0.1) is 0 Å². The van der Waals surface area contributed by atoms with Crippen LogP contribution < -0.4 is 4.90 Å². The van der Waals surface area contributed by atoms with Gasteiger partial charge in [0.1, 0.15) is 5.60 Å². The number of hydrogen-bond donors (Lipinski definition) is 0. The van der Waals surface area contributed by atoms with Crippen molar-refractivity contribution in [2.75, 3.05) is 4.90 Å². The van der Waals surface area contributed by atoms with Gasteiger partial charge in [0, 0.05) is 15.7 Å². The molecule has 26 heavy (non-hydrogen) atoms. The standard InChI is InChI=1S/C21H22BrNO3/c1-13(20(25)26-21(2,3)4)14-8-10-15(11-9-14)23-12-17-16(19(23)24)6-5-7-18(17)22/h5-11,13H,12H2,1-4H3. The Kier molecular flexibility index (Phi) is 4.93. The lowest BCUT2D eigenvalue weighted by atomic mass is 10.0. The highest BCUT2D eigenvalue weighted by Gasteiger charge is 2.30. The lowest BCUT2D eigenvalue weighted by Gasteiger charge is -2.23. The molecule has 0 fully saturated rings. The van der Waals surface area contributed by atoms with Crippen molar-refractivity contribution in [3.05, 3.63) is 63.6 Å². The molecule has 2 aromatic carbocycles. The third-order valence-electron chi connectivity index (χ3n) is 4.38. The molecule has 0 spiro atoms. The molecule has 0 aliphatic carbocycles. The molecule has 0 saturated carbocycles. The zero-order valence-corrected chi connectivity index (χ0v) is 17.0. The number of amides is 1. The highest BCUT2D eigenvalue weighted by atomic mass is 79.9. The molecular formula is C21H22BrNO3. The van der Waals surface area contributed by atoms with Crippen LogP contribution in [0.5, 0.6) is 0 Å². The molecule has 0 bridgehead atoms. The van der Waals surface area contributed by atoms with Gasteiger partial charge in [-0.05, 0) is 63.1 Å². The number of rotatable bonds is 3. The van der Waals surface area contributed by atoms with Gasteiger partial charge in [0.25, 0.3) is 5.91 Å². The first-order valence-corrected chi connectivity index (χ1v) is 9.39. The normalized spacial score (nSPS) is 15.0. The Morgan fingerprint density at radius 1 is 1.15 bits per heavy atom. The molecule has 1 aliphatic heterocycles. The number of hydrogen-bond acceptors (Lipinski definition) is 3. The third-order valence-corrected chi connectivity index (χ3v) is 5.12. The summed E-state index contributed by atoms with van der Waals surface area (Å²) in [5.74, 6) is -0.614. The third kappa shape index (κ3) is 3.68. The molecule has 0 radical (unpaired) electrons. The Morgan fingerprint density at radius 3 is 2.38 bits per heavy atom. The van der Waals surface area contributed by atoms with Crippen molar-refractivity contribution in [3.63, 3.8) is 0 Å². The molecular weight excluding hydrogens is 394 g/mol. The average Bonchev–Trinajstić information content (AvgIpc) is 2.91. The maximum absolute atomic E-state index is 12.7. The van der Waals surface area contributed by atoms with Gasteiger partial charge in [-0.25, -0.2) is 0 Å². The number of anilines is 1. The van der Waals surface area contributed by atoms with Crippen LogP contribution in [0.15, 0.2) is 46.9 Å². The predicted molar refractivity (Wildman–Crippen MR) is 105 cm³/mol. The highest BCUT2D eigenvalue weighted by Crippen LogP contribution is 2.33. The second kappa shape index (κ2) is 6.88. The first-order chi connectivity index (χ1) is 12.2. The van der Waals surface area contributed by atoms with E-state index in [9.17, 15) is 9.59 Å². The summed E-state index contributed by atoms with van der Waals surface area (Å²) in [4.78, 5) is 26.7. The number of carbonyl (C=O) groups excluding carboxylic acids is 2. The van der Waals surface area contributed by atoms with Crippen LogP contribution in [0.2, 0.25) is 0 Å². The zero-order valence-electron chi connectivity index (χ0n) is 15.4. The largest absolute Gasteiger partial charge is 0.460 e. The predicted octanol–water partition coefficient (Wildman–Crippen LogP) is 5.05. The second-order valence-corrected chi connectivity index (χ2v) is 8.36. The van der Waals surface area contributed by atoms with Crippen molar-refractivity contribution in [2.45, 2.75) is 45.8 Å². The summed E-state index contributed by atoms with van der Waals surface area (Å²) >= 11 is 3.51. The molecule has 0 N–H and O–H groups in total. The van der Waals surface area contributed by atoms with E-state index in [2.05, 4.69) is 15.9 Å². The van der Waals surface area contributed by atoms with Crippen LogP contribution in [0.25, 0.3) is 0 Å². The van der Waals surface area contributed by atoms with Gasteiger partial charge in [-0.3, -0.25) is 9.59 Å². The van der Waals surface area contributed by atoms with Gasteiger partial charge < -0.3 is 9.64 Å². The van der Waals surface area contributed by atoms with Crippen LogP contribution in [0.4, 0.5) is 5.69 Å². The topological polar surface area (TPSA) is 46.6 Å². The van der Waals surface area contributed by atoms with E-state index in [-0.39, 0.29) is 17.8 Å². The van der Waals surface area contributed by atoms with E-state index < -0.39 is 5.60 Å². The lowest BCUT2D eigenvalue weighted by molar-refractivity contribution is -0.156. The Morgan fingerprint density at radius 2 is 1.81 bits per heavy atom. The van der Waals surface area contributed by atoms with Crippen LogP contribution in [0, 0.1) is 0 Å². The number of carbonyl (C=O) groups is 2. The minimum Gasteiger partial charge on any atom is -0.460 e. The minimum absolute atomic E-state index is 0.00533. The van der Waals surface area contributed by atoms with Crippen molar-refractivity contribution < 1.29 is 14.3 Å². The van der Waals surface area contributed by atoms with E-state index in [1.165, 1.54) is 0 Å². The molecule has 0 saturated heterocycles. The maximum Gasteiger partial charge on any atom is 0.313 e. The molecule has 1 heterocycles. The zero-order chi connectivity index (χ0) is 19.1. The summed E-state index contributed by atoms with van der Waals surface area (Å²) < 4.78 is 6.39. The average molecular weight is 416 g/mol. The minimum atomic E-state index is -0.508. The Hall–Kier alpha value is -2.14. The fourth-order valence-electron chi connectivity index (χ4n) is 2.97. The molecule has 3 rings (SSSR count). The van der Waals surface area contributed by atoms with Crippen molar-refractivity contribution in [1.82, 2.24) is 0 Å². The van der Waals surface area contributed by atoms with Crippen molar-refractivity contribution >= 4 is 33.5 Å². The Bertz CT molecular complexity index is 853. The smallest absolute Gasteiger partial charge is 0.313 e. The van der Waals surface area contributed by atoms with Crippen LogP contribution in [0.3, 0.4) is 0 Å². The van der Waals surface area contributed by atoms with Gasteiger partial charge >= 0.3 is 5.97 Å². The quantitative estimate of drug-likeness (QED) is 0.658. The van der Waals surface area contributed by atoms with Gasteiger partial charge in [0.05, 0.1) is 12.5 Å². The first kappa shape index (κ1) is 18.6. The molecule has 4 nitrogen and oxygen atoms in total. The van der Waals surface area contributed by atoms with Crippen LogP contribution in [-0.4, -0.2) is 17.5 Å². The summed E-state index contributed by atoms with van der Waals surface area (Å²) in [6.45, 7) is 7.94. The lowest BCUT2D eigenvalue weighted by Crippen LogP contribution is -2.27. The number of esters is 1. The number of fused-ring (bicyclic) bond motifs is 1. The first-order valence-electron chi connectivity index (χ1n) is 8.59. The van der Waals surface area contributed by atoms with Crippen LogP contribution in [-0.2, 0) is 16.1 Å². The summed E-state index contributed by atoms with van der Waals surface area (Å²) in [5, 5.41) is 0. The Balaban J connectivity index is 1.78. The molecule has 0 aromatic heterocycles. The summed E-state index contributed by atoms with van der Waals surface area (Å²) in [6, 6.07) is 13.2. The fraction of sp³-hybridized carbons (Fsp3) is 0.333. The van der Waals surface area contributed by atoms with Gasteiger partial charge in [0.15, 0.2) is 0 Å². The summed E-state index contributed by atoms with van der Waals surface area (Å²) in [5.41, 5.74) is 2.91. The molecule has 1 atom stereocenters. The van der Waals surface area contributed by atoms with Crippen molar-refractivity contribution in [2.24, 2.45) is 0 Å². The summed E-state index contributed by atoms with van der Waals surface area (Å²) in [7, 11) is 0. The monoisotopic (exact) mass is 415 g/mol. The van der Waals surface area contributed by atoms with E-state index in [0.29, 0.717) is 6.54 Å². The number of nitrogens with zero attached hydrogens (tertiary/aromatic N) is 1. The van der Waals surface area contributed by atoms with E-state index in [4.69, 9.17) is 4.74 Å². The van der Waals surface area contributed by atoms with Gasteiger partial charge in [-0.1, -0.05) is 34.1 Å². The van der Waals surface area contributed by atoms with Gasteiger partial charge in [0.2, 0.25) is 0 Å². The molecule has 1 aliphatic rings. The SMILES string of the molecule is CC(C(=O)OC(C)(C)C)c1ccc(N2Cc3c(Br)cccc3C2=O)cc1. The number of benzene rings is 2. The van der Waals surface area contributed by atoms with E-state index in [1.807, 2.05) is 70.2 Å². The van der Waals surface area contributed by atoms with E-state index in [1.54, 1.807) is 4.90 Å². The highest BCUT2D eigenvalue weighted by molar-refractivity contribution is 9.10. The van der Waals surface area contributed by atoms with Crippen molar-refractivity contribution in [1.29, 1.82) is 0 Å². The maximum atomic E-state index is 12.7. The fourth-order valence-corrected chi connectivity index (χ4v) is 3.46. The number of ether oxygens (including phenoxy) is 1. The van der Waals surface area contributed by atoms with Gasteiger partial charge in [-0.2, -0.15) is 0 Å². The molecule has 2 aromatic rings. The van der Waals surface area contributed by atoms with Crippen LogP contribution in [0.1, 0.15) is 55.1 Å². The summed E-state index contributed by atoms with van der Waals surface area (Å²) in [6.07, 6.45) is 0. The molecule has 136 valence electrons. The molecule has 5 heteroatoms. The van der Waals surface area contributed by atoms with E-state index >= 15 is 0 Å².